The van der Waals surface area contributed by atoms with E-state index in [1.165, 1.54) is 47.6 Å². The Kier molecular flexibility index (Phi) is 18.7. The molecule has 5 atom stereocenters. The first-order chi connectivity index (χ1) is 35.0. The number of likely N-dealkylation sites (N-methyl/N-ethyl adjacent to an activating group) is 2. The van der Waals surface area contributed by atoms with Gasteiger partial charge in [-0.2, -0.15) is 0 Å². The summed E-state index contributed by atoms with van der Waals surface area (Å²) in [6.45, 7) is 5.82. The number of ether oxygens (including phenoxy) is 2. The Balaban J connectivity index is 1.22. The van der Waals surface area contributed by atoms with Crippen molar-refractivity contribution < 1.29 is 37.8 Å². The summed E-state index contributed by atoms with van der Waals surface area (Å²) in [4.78, 5) is 83.8. The molecule has 7 rings (SSSR count). The molecule has 0 bridgehead atoms. The van der Waals surface area contributed by atoms with E-state index in [4.69, 9.17) is 37.7 Å². The van der Waals surface area contributed by atoms with Crippen LogP contribution in [0.3, 0.4) is 0 Å². The van der Waals surface area contributed by atoms with E-state index in [2.05, 4.69) is 20.1 Å². The number of hydrogen-bond acceptors (Lipinski definition) is 9. The average Bonchev–Trinajstić information content (AvgIpc) is 4.04. The molecule has 2 N–H and O–H groups in total. The molecule has 4 aromatic carbocycles. The van der Waals surface area contributed by atoms with Crippen LogP contribution in [0.1, 0.15) is 62.0 Å². The van der Waals surface area contributed by atoms with E-state index in [1.54, 1.807) is 69.6 Å². The summed E-state index contributed by atoms with van der Waals surface area (Å²) < 4.78 is 29.4. The number of rotatable bonds is 13. The lowest BCUT2D eigenvalue weighted by Crippen LogP contribution is -2.57. The summed E-state index contributed by atoms with van der Waals surface area (Å²) in [6, 6.07) is 21.9. The number of halogens is 3. The van der Waals surface area contributed by atoms with E-state index in [1.807, 2.05) is 49.6 Å². The average molecular weight is 1040 g/mol. The van der Waals surface area contributed by atoms with Crippen LogP contribution in [0.2, 0.25) is 10.0 Å². The summed E-state index contributed by atoms with van der Waals surface area (Å²) in [5.41, 5.74) is 3.41. The van der Waals surface area contributed by atoms with Crippen LogP contribution < -0.4 is 15.4 Å². The molecule has 2 fully saturated rings. The van der Waals surface area contributed by atoms with Crippen LogP contribution in [0.15, 0.2) is 97.2 Å². The number of methoxy groups -OCH3 is 1. The number of carbonyl (C=O) groups excluding carboxylic acids is 5. The highest BCUT2D eigenvalue weighted by Crippen LogP contribution is 2.33. The van der Waals surface area contributed by atoms with E-state index >= 15 is 9.18 Å². The van der Waals surface area contributed by atoms with Crippen molar-refractivity contribution in [3.8, 4) is 22.8 Å². The van der Waals surface area contributed by atoms with Crippen molar-refractivity contribution >= 4 is 52.7 Å². The number of nitrogens with one attached hydrogen (secondary N) is 2. The number of likely N-dealkylation sites (tertiary alicyclic amines) is 1. The van der Waals surface area contributed by atoms with Crippen LogP contribution in [-0.2, 0) is 61.7 Å². The number of carbonyl (C=O) groups is 5. The van der Waals surface area contributed by atoms with Crippen molar-refractivity contribution in [2.45, 2.75) is 89.6 Å². The molecule has 5 amide bonds. The summed E-state index contributed by atoms with van der Waals surface area (Å²) in [5, 5.41) is 6.62. The highest BCUT2D eigenvalue weighted by atomic mass is 35.5. The predicted molar refractivity (Wildman–Crippen MR) is 278 cm³/mol. The highest BCUT2D eigenvalue weighted by Gasteiger charge is 2.37. The molecule has 388 valence electrons. The first-order valence-corrected chi connectivity index (χ1v) is 25.4. The Hall–Kier alpha value is -6.33. The number of hydrogen-bond donors (Lipinski definition) is 2. The zero-order chi connectivity index (χ0) is 52.3. The van der Waals surface area contributed by atoms with Gasteiger partial charge in [0, 0.05) is 80.9 Å². The van der Waals surface area contributed by atoms with Crippen molar-refractivity contribution in [3.05, 3.63) is 136 Å². The van der Waals surface area contributed by atoms with Gasteiger partial charge < -0.3 is 39.4 Å². The first kappa shape index (κ1) is 54.4. The lowest BCUT2D eigenvalue weighted by molar-refractivity contribution is -0.147. The predicted octanol–water partition coefficient (Wildman–Crippen LogP) is 7.45. The third-order valence-corrected chi connectivity index (χ3v) is 14.5. The van der Waals surface area contributed by atoms with Crippen molar-refractivity contribution in [2.24, 2.45) is 13.0 Å². The molecule has 0 radical (unpaired) electrons. The van der Waals surface area contributed by atoms with Gasteiger partial charge in [0.2, 0.25) is 29.5 Å². The maximum absolute atomic E-state index is 15.4. The molecule has 0 aliphatic carbocycles. The second-order valence-corrected chi connectivity index (χ2v) is 20.0. The largest absolute Gasteiger partial charge is 0.457 e. The Bertz CT molecular complexity index is 2730. The maximum Gasteiger partial charge on any atom is 0.247 e. The molecule has 2 saturated heterocycles. The molecule has 15 nitrogen and oxygen atoms in total. The molecule has 2 aliphatic heterocycles. The lowest BCUT2D eigenvalue weighted by atomic mass is 9.93. The van der Waals surface area contributed by atoms with Crippen LogP contribution in [0.25, 0.3) is 11.3 Å². The van der Waals surface area contributed by atoms with Crippen LogP contribution in [-0.4, -0.2) is 130 Å². The van der Waals surface area contributed by atoms with Crippen LogP contribution >= 0.6 is 23.2 Å². The number of aromatic nitrogens is 2. The van der Waals surface area contributed by atoms with E-state index < -0.39 is 66.0 Å². The van der Waals surface area contributed by atoms with E-state index in [0.717, 1.165) is 42.3 Å². The SMILES string of the molecule is COC[C@@H]1NC(=O)[C@H](C)N(Cc2ccc(Cl)cc2Oc2ccc(-c3cnc(CN4CCCC4)n3C)cc2)C(=O)C[C@@H](Cc2ccccc2F)C(=O)N(C)[C@@H](C)CNC(=O)C[C@H](Cc2ccc(Cl)cc2)N(C)C1=O. The van der Waals surface area contributed by atoms with Gasteiger partial charge in [-0.3, -0.25) is 28.9 Å². The van der Waals surface area contributed by atoms with Gasteiger partial charge in [-0.15, -0.1) is 0 Å². The maximum atomic E-state index is 15.4. The van der Waals surface area contributed by atoms with Gasteiger partial charge in [-0.05, 0) is 118 Å². The number of nitrogens with zero attached hydrogens (tertiary/aromatic N) is 6. The number of imidazole rings is 1. The molecule has 5 aromatic rings. The van der Waals surface area contributed by atoms with Crippen LogP contribution in [0.5, 0.6) is 11.5 Å². The fourth-order valence-corrected chi connectivity index (χ4v) is 9.62. The molecule has 0 spiro atoms. The quantitative estimate of drug-likeness (QED) is 0.122. The van der Waals surface area contributed by atoms with Gasteiger partial charge in [-0.25, -0.2) is 9.37 Å². The van der Waals surface area contributed by atoms with Crippen LogP contribution in [0, 0.1) is 11.7 Å². The van der Waals surface area contributed by atoms with Crippen LogP contribution in [0.4, 0.5) is 4.39 Å². The zero-order valence-electron chi connectivity index (χ0n) is 42.3. The molecular formula is C55H65Cl2FN8O7. The first-order valence-electron chi connectivity index (χ1n) is 24.7. The minimum atomic E-state index is -1.25. The number of benzene rings is 4. The van der Waals surface area contributed by atoms with E-state index in [0.29, 0.717) is 27.1 Å². The van der Waals surface area contributed by atoms with Crippen molar-refractivity contribution in [1.82, 2.24) is 39.8 Å². The monoisotopic (exact) mass is 1040 g/mol. The van der Waals surface area contributed by atoms with Crippen molar-refractivity contribution in [2.75, 3.05) is 47.4 Å². The summed E-state index contributed by atoms with van der Waals surface area (Å²) in [5.74, 6) is -2.54. The molecule has 3 heterocycles. The Morgan fingerprint density at radius 1 is 0.781 bits per heavy atom. The van der Waals surface area contributed by atoms with Gasteiger partial charge in [0.1, 0.15) is 35.2 Å². The lowest BCUT2D eigenvalue weighted by Gasteiger charge is -2.35. The Labute approximate surface area is 436 Å². The molecule has 0 unspecified atom stereocenters. The van der Waals surface area contributed by atoms with Gasteiger partial charge in [-0.1, -0.05) is 59.6 Å². The fraction of sp³-hybridized carbons (Fsp3) is 0.418. The Morgan fingerprint density at radius 2 is 1.48 bits per heavy atom. The summed E-state index contributed by atoms with van der Waals surface area (Å²) >= 11 is 12.8. The molecular weight excluding hydrogens is 975 g/mol. The molecule has 18 heteroatoms. The standard InChI is InChI=1S/C55H65Cl2FN8O7/c1-35-30-60-51(67)29-44(25-37-13-18-42(56)19-14-37)63(4)55(71)47(34-72-6)61-53(69)36(2)66(52(68)27-41(54(70)62(35)3)26-39-11-7-8-12-46(39)58)32-40-15-20-43(57)28-49(40)73-45-21-16-38(17-22-45)48-31-59-50(64(48)5)33-65-23-9-10-24-65/h7-8,11-22,28,31,35-36,41,44,47H,9-10,23-27,29-30,32-34H2,1-6H3,(H,60,67)(H,61,69)/t35-,36-,41+,44-,47-/m0/s1. The van der Waals surface area contributed by atoms with Gasteiger partial charge >= 0.3 is 0 Å². The summed E-state index contributed by atoms with van der Waals surface area (Å²) in [7, 11) is 6.54. The zero-order valence-corrected chi connectivity index (χ0v) is 43.8. The minimum Gasteiger partial charge on any atom is -0.457 e. The molecule has 1 aromatic heterocycles. The summed E-state index contributed by atoms with van der Waals surface area (Å²) in [6.07, 6.45) is 3.85. The topological polar surface area (TPSA) is 159 Å². The van der Waals surface area contributed by atoms with Gasteiger partial charge in [0.25, 0.3) is 0 Å². The third kappa shape index (κ3) is 14.0. The minimum absolute atomic E-state index is 0.0451. The van der Waals surface area contributed by atoms with Gasteiger partial charge in [0.15, 0.2) is 0 Å². The second kappa shape index (κ2) is 25.1. The second-order valence-electron chi connectivity index (χ2n) is 19.1. The van der Waals surface area contributed by atoms with Crippen molar-refractivity contribution in [3.63, 3.8) is 0 Å². The van der Waals surface area contributed by atoms with E-state index in [9.17, 15) is 19.2 Å². The highest BCUT2D eigenvalue weighted by molar-refractivity contribution is 6.31. The molecule has 0 saturated carbocycles. The van der Waals surface area contributed by atoms with E-state index in [-0.39, 0.29) is 50.4 Å². The van der Waals surface area contributed by atoms with Gasteiger partial charge in [0.05, 0.1) is 37.5 Å². The fourth-order valence-electron chi connectivity index (χ4n) is 9.34. The smallest absolute Gasteiger partial charge is 0.247 e. The molecule has 2 aliphatic rings. The third-order valence-electron chi connectivity index (χ3n) is 14.0. The van der Waals surface area contributed by atoms with Crippen molar-refractivity contribution in [1.29, 1.82) is 0 Å². The normalized spacial score (nSPS) is 21.2. The Morgan fingerprint density at radius 3 is 2.18 bits per heavy atom. The number of amides is 5. The molecule has 73 heavy (non-hydrogen) atoms.